The zero-order valence-corrected chi connectivity index (χ0v) is 16.5. The fourth-order valence-electron chi connectivity index (χ4n) is 3.32. The Morgan fingerprint density at radius 3 is 2.76 bits per heavy atom. The van der Waals surface area contributed by atoms with Crippen LogP contribution in [0.2, 0.25) is 0 Å². The van der Waals surface area contributed by atoms with Gasteiger partial charge in [-0.2, -0.15) is 5.10 Å². The van der Waals surface area contributed by atoms with Crippen LogP contribution in [0.25, 0.3) is 5.65 Å². The number of hydrogen-bond donors (Lipinski definition) is 1. The Balaban J connectivity index is 1.82. The monoisotopic (exact) mass is 410 g/mol. The van der Waals surface area contributed by atoms with Gasteiger partial charge in [0.1, 0.15) is 15.9 Å². The molecule has 1 unspecified atom stereocenters. The number of ether oxygens (including phenoxy) is 1. The maximum atomic E-state index is 12.4. The first kappa shape index (κ1) is 18.0. The third-order valence-corrected chi connectivity index (χ3v) is 4.76. The summed E-state index contributed by atoms with van der Waals surface area (Å²) < 4.78 is 7.94. The molecule has 0 aliphatic carbocycles. The summed E-state index contributed by atoms with van der Waals surface area (Å²) in [4.78, 5) is 28.9. The van der Waals surface area contributed by atoms with Gasteiger partial charge in [0, 0.05) is 30.6 Å². The molecule has 7 nitrogen and oxygen atoms in total. The van der Waals surface area contributed by atoms with E-state index in [2.05, 4.69) is 26.0 Å². The van der Waals surface area contributed by atoms with E-state index < -0.39 is 5.60 Å². The standard InChI is InChI=1S/C17H23BrN4O3/c1-10-7-11(5-6-21(10)16(24)25-17(2,3)4)12-8-15(23)19-14-9-13(18)20-22(12)14/h8-11H,5-7H2,1-4H3,(H,19,23)/t10-,11?/m1/s1. The predicted molar refractivity (Wildman–Crippen MR) is 97.9 cm³/mol. The number of halogens is 1. The van der Waals surface area contributed by atoms with Gasteiger partial charge in [0.2, 0.25) is 0 Å². The molecule has 0 saturated carbocycles. The highest BCUT2D eigenvalue weighted by atomic mass is 79.9. The quantitative estimate of drug-likeness (QED) is 0.781. The van der Waals surface area contributed by atoms with Crippen LogP contribution < -0.4 is 5.56 Å². The van der Waals surface area contributed by atoms with Crippen LogP contribution in [0.15, 0.2) is 21.5 Å². The van der Waals surface area contributed by atoms with Crippen molar-refractivity contribution in [3.63, 3.8) is 0 Å². The van der Waals surface area contributed by atoms with Crippen molar-refractivity contribution >= 4 is 27.7 Å². The number of aromatic nitrogens is 3. The van der Waals surface area contributed by atoms with Crippen LogP contribution in [0.3, 0.4) is 0 Å². The number of aromatic amines is 1. The third-order valence-electron chi connectivity index (χ3n) is 4.38. The third kappa shape index (κ3) is 3.89. The summed E-state index contributed by atoms with van der Waals surface area (Å²) >= 11 is 3.35. The highest BCUT2D eigenvalue weighted by Crippen LogP contribution is 2.32. The molecule has 25 heavy (non-hydrogen) atoms. The average Bonchev–Trinajstić information content (AvgIpc) is 2.84. The Morgan fingerprint density at radius 2 is 2.12 bits per heavy atom. The van der Waals surface area contributed by atoms with Crippen LogP contribution in [-0.2, 0) is 4.74 Å². The molecule has 2 atom stereocenters. The number of rotatable bonds is 1. The Labute approximate surface area is 154 Å². The van der Waals surface area contributed by atoms with Gasteiger partial charge in [0.15, 0.2) is 0 Å². The van der Waals surface area contributed by atoms with Crippen LogP contribution in [-0.4, -0.2) is 43.8 Å². The van der Waals surface area contributed by atoms with E-state index >= 15 is 0 Å². The number of likely N-dealkylation sites (tertiary alicyclic amines) is 1. The van der Waals surface area contributed by atoms with Gasteiger partial charge in [-0.15, -0.1) is 0 Å². The molecule has 0 radical (unpaired) electrons. The molecule has 3 heterocycles. The second kappa shape index (κ2) is 6.48. The van der Waals surface area contributed by atoms with Crippen molar-refractivity contribution in [2.24, 2.45) is 0 Å². The van der Waals surface area contributed by atoms with Crippen LogP contribution >= 0.6 is 15.9 Å². The smallest absolute Gasteiger partial charge is 0.410 e. The number of carbonyl (C=O) groups excluding carboxylic acids is 1. The number of amides is 1. The van der Waals surface area contributed by atoms with Gasteiger partial charge < -0.3 is 14.6 Å². The van der Waals surface area contributed by atoms with Gasteiger partial charge in [0.05, 0.1) is 5.69 Å². The van der Waals surface area contributed by atoms with Gasteiger partial charge in [-0.25, -0.2) is 9.31 Å². The molecule has 1 amide bonds. The zero-order valence-electron chi connectivity index (χ0n) is 14.9. The number of carbonyl (C=O) groups is 1. The van der Waals surface area contributed by atoms with Crippen LogP contribution in [0.1, 0.15) is 52.1 Å². The predicted octanol–water partition coefficient (Wildman–Crippen LogP) is 3.29. The Morgan fingerprint density at radius 1 is 1.40 bits per heavy atom. The summed E-state index contributed by atoms with van der Waals surface area (Å²) in [5, 5.41) is 4.42. The van der Waals surface area contributed by atoms with E-state index in [1.54, 1.807) is 21.5 Å². The molecule has 2 aromatic heterocycles. The molecule has 1 fully saturated rings. The summed E-state index contributed by atoms with van der Waals surface area (Å²) in [6.07, 6.45) is 1.24. The molecule has 2 aromatic rings. The lowest BCUT2D eigenvalue weighted by atomic mass is 9.89. The fourth-order valence-corrected chi connectivity index (χ4v) is 3.69. The molecule has 1 aliphatic heterocycles. The average molecular weight is 411 g/mol. The van der Waals surface area contributed by atoms with Crippen LogP contribution in [0, 0.1) is 0 Å². The van der Waals surface area contributed by atoms with Gasteiger partial charge in [0.25, 0.3) is 5.56 Å². The number of hydrogen-bond acceptors (Lipinski definition) is 4. The minimum Gasteiger partial charge on any atom is -0.444 e. The highest BCUT2D eigenvalue weighted by molar-refractivity contribution is 9.10. The van der Waals surface area contributed by atoms with E-state index in [9.17, 15) is 9.59 Å². The van der Waals surface area contributed by atoms with E-state index in [1.165, 1.54) is 0 Å². The Hall–Kier alpha value is -1.83. The molecular weight excluding hydrogens is 388 g/mol. The largest absolute Gasteiger partial charge is 0.444 e. The molecule has 8 heteroatoms. The Bertz CT molecular complexity index is 852. The number of nitrogens with one attached hydrogen (secondary N) is 1. The van der Waals surface area contributed by atoms with Crippen molar-refractivity contribution in [2.75, 3.05) is 6.54 Å². The lowest BCUT2D eigenvalue weighted by Crippen LogP contribution is -2.46. The Kier molecular flexibility index (Phi) is 4.66. The van der Waals surface area contributed by atoms with Crippen LogP contribution in [0.4, 0.5) is 4.79 Å². The number of nitrogens with zero attached hydrogens (tertiary/aromatic N) is 3. The molecular formula is C17H23BrN4O3. The maximum absolute atomic E-state index is 12.4. The summed E-state index contributed by atoms with van der Waals surface area (Å²) in [5.74, 6) is 0.158. The number of piperidine rings is 1. The van der Waals surface area contributed by atoms with Crippen molar-refractivity contribution < 1.29 is 9.53 Å². The molecule has 0 spiro atoms. The number of H-pyrrole nitrogens is 1. The molecule has 0 aromatic carbocycles. The van der Waals surface area contributed by atoms with Crippen molar-refractivity contribution in [3.05, 3.63) is 32.8 Å². The maximum Gasteiger partial charge on any atom is 0.410 e. The summed E-state index contributed by atoms with van der Waals surface area (Å²) in [7, 11) is 0. The fraction of sp³-hybridized carbons (Fsp3) is 0.588. The lowest BCUT2D eigenvalue weighted by molar-refractivity contribution is 0.0102. The molecule has 3 rings (SSSR count). The van der Waals surface area contributed by atoms with Crippen LogP contribution in [0.5, 0.6) is 0 Å². The van der Waals surface area contributed by atoms with Crippen molar-refractivity contribution in [1.29, 1.82) is 0 Å². The second-order valence-electron chi connectivity index (χ2n) is 7.57. The minimum atomic E-state index is -0.506. The normalized spacial score (nSPS) is 21.6. The van der Waals surface area contributed by atoms with Gasteiger partial charge in [-0.05, 0) is 56.5 Å². The van der Waals surface area contributed by atoms with Crippen molar-refractivity contribution in [1.82, 2.24) is 19.5 Å². The molecule has 136 valence electrons. The highest BCUT2D eigenvalue weighted by Gasteiger charge is 2.33. The van der Waals surface area contributed by atoms with Gasteiger partial charge in [-0.1, -0.05) is 0 Å². The summed E-state index contributed by atoms with van der Waals surface area (Å²) in [6, 6.07) is 3.42. The SMILES string of the molecule is C[C@@H]1CC(c2cc(=O)[nH]c3cc(Br)nn23)CCN1C(=O)OC(C)(C)C. The summed E-state index contributed by atoms with van der Waals surface area (Å²) in [5.41, 5.74) is 0.891. The second-order valence-corrected chi connectivity index (χ2v) is 8.38. The van der Waals surface area contributed by atoms with Gasteiger partial charge >= 0.3 is 6.09 Å². The molecule has 1 aliphatic rings. The lowest BCUT2D eigenvalue weighted by Gasteiger charge is -2.38. The van der Waals surface area contributed by atoms with E-state index in [0.29, 0.717) is 16.8 Å². The first-order valence-electron chi connectivity index (χ1n) is 8.42. The molecule has 1 N–H and O–H groups in total. The first-order valence-corrected chi connectivity index (χ1v) is 9.21. The van der Waals surface area contributed by atoms with E-state index in [4.69, 9.17) is 4.74 Å². The van der Waals surface area contributed by atoms with E-state index in [0.717, 1.165) is 18.5 Å². The van der Waals surface area contributed by atoms with Crippen molar-refractivity contribution in [2.45, 2.75) is 58.1 Å². The zero-order chi connectivity index (χ0) is 18.4. The first-order chi connectivity index (χ1) is 11.6. The molecule has 0 bridgehead atoms. The minimum absolute atomic E-state index is 0.0296. The summed E-state index contributed by atoms with van der Waals surface area (Å²) in [6.45, 7) is 8.21. The molecule has 1 saturated heterocycles. The number of fused-ring (bicyclic) bond motifs is 1. The topological polar surface area (TPSA) is 79.7 Å². The van der Waals surface area contributed by atoms with Crippen molar-refractivity contribution in [3.8, 4) is 0 Å². The van der Waals surface area contributed by atoms with E-state index in [-0.39, 0.29) is 23.6 Å². The van der Waals surface area contributed by atoms with E-state index in [1.807, 2.05) is 27.7 Å². The van der Waals surface area contributed by atoms with Gasteiger partial charge in [-0.3, -0.25) is 4.79 Å².